The Labute approximate surface area is 345 Å². The monoisotopic (exact) mass is 770 g/mol. The molecule has 5 nitrogen and oxygen atoms in total. The molecule has 0 fully saturated rings. The van der Waals surface area contributed by atoms with Crippen LogP contribution in [0, 0.1) is 0 Å². The fraction of sp³-hybridized carbons (Fsp3) is 0. The number of furan rings is 2. The summed E-state index contributed by atoms with van der Waals surface area (Å²) in [7, 11) is 0. The molecule has 0 aliphatic carbocycles. The Hall–Kier alpha value is -8.15. The van der Waals surface area contributed by atoms with E-state index < -0.39 is 0 Å². The highest BCUT2D eigenvalue weighted by Gasteiger charge is 2.20. The molecule has 0 aliphatic rings. The molecule has 9 aromatic carbocycles. The molecule has 0 amide bonds. The van der Waals surface area contributed by atoms with Crippen LogP contribution in [0.4, 0.5) is 17.1 Å². The van der Waals surface area contributed by atoms with Gasteiger partial charge in [-0.2, -0.15) is 0 Å². The fourth-order valence-electron chi connectivity index (χ4n) is 8.66. The van der Waals surface area contributed by atoms with E-state index in [-0.39, 0.29) is 0 Å². The van der Waals surface area contributed by atoms with Crippen molar-refractivity contribution < 1.29 is 13.3 Å². The summed E-state index contributed by atoms with van der Waals surface area (Å²) < 4.78 is 19.0. The molecule has 5 heteroatoms. The SMILES string of the molecule is c1ccc(-c2nc3c(ccc4oc5ccc(-c6ccc(N(c7ccc(-c8cccc9c8oc8ccccc89)cc7)c7ccccc7-c7ccccc7)cc6)cc5c43)o2)cc1. The molecule has 0 bridgehead atoms. The van der Waals surface area contributed by atoms with Crippen LogP contribution in [0.3, 0.4) is 0 Å². The Morgan fingerprint density at radius 2 is 0.933 bits per heavy atom. The van der Waals surface area contributed by atoms with Gasteiger partial charge in [0.1, 0.15) is 27.8 Å². The summed E-state index contributed by atoms with van der Waals surface area (Å²) in [5.41, 5.74) is 15.7. The minimum absolute atomic E-state index is 0.593. The summed E-state index contributed by atoms with van der Waals surface area (Å²) in [6.45, 7) is 0. The average Bonchev–Trinajstić information content (AvgIpc) is 4.04. The highest BCUT2D eigenvalue weighted by molar-refractivity contribution is 6.17. The van der Waals surface area contributed by atoms with Crippen LogP contribution in [0.5, 0.6) is 0 Å². The predicted octanol–water partition coefficient (Wildman–Crippen LogP) is 15.8. The van der Waals surface area contributed by atoms with Crippen LogP contribution >= 0.6 is 0 Å². The van der Waals surface area contributed by atoms with Gasteiger partial charge in [0.15, 0.2) is 5.58 Å². The van der Waals surface area contributed by atoms with E-state index in [9.17, 15) is 0 Å². The van der Waals surface area contributed by atoms with E-state index in [0.29, 0.717) is 5.89 Å². The number of fused-ring (bicyclic) bond motifs is 8. The van der Waals surface area contributed by atoms with E-state index >= 15 is 0 Å². The maximum absolute atomic E-state index is 6.42. The van der Waals surface area contributed by atoms with Gasteiger partial charge in [-0.05, 0) is 95.1 Å². The van der Waals surface area contributed by atoms with E-state index in [1.54, 1.807) is 0 Å². The minimum Gasteiger partial charge on any atom is -0.456 e. The van der Waals surface area contributed by atoms with Gasteiger partial charge in [0.25, 0.3) is 0 Å². The molecule has 0 aliphatic heterocycles. The summed E-state index contributed by atoms with van der Waals surface area (Å²) in [6, 6.07) is 71.7. The molecule has 12 aromatic rings. The highest BCUT2D eigenvalue weighted by Crippen LogP contribution is 2.44. The summed E-state index contributed by atoms with van der Waals surface area (Å²) in [4.78, 5) is 7.30. The van der Waals surface area contributed by atoms with E-state index in [2.05, 4.69) is 157 Å². The molecule has 12 rings (SSSR count). The first kappa shape index (κ1) is 33.9. The third-order valence-electron chi connectivity index (χ3n) is 11.5. The maximum atomic E-state index is 6.42. The molecule has 0 radical (unpaired) electrons. The molecule has 282 valence electrons. The zero-order valence-corrected chi connectivity index (χ0v) is 32.2. The second kappa shape index (κ2) is 13.8. The first-order valence-corrected chi connectivity index (χ1v) is 20.1. The number of anilines is 3. The number of nitrogens with zero attached hydrogens (tertiary/aromatic N) is 2. The van der Waals surface area contributed by atoms with Gasteiger partial charge >= 0.3 is 0 Å². The lowest BCUT2D eigenvalue weighted by atomic mass is 9.99. The molecular formula is C55H34N2O3. The number of aromatic nitrogens is 1. The van der Waals surface area contributed by atoms with Crippen LogP contribution in [0.25, 0.3) is 99.8 Å². The van der Waals surface area contributed by atoms with Crippen molar-refractivity contribution in [3.63, 3.8) is 0 Å². The van der Waals surface area contributed by atoms with Crippen LogP contribution in [-0.2, 0) is 0 Å². The lowest BCUT2D eigenvalue weighted by Gasteiger charge is -2.28. The molecule has 60 heavy (non-hydrogen) atoms. The number of para-hydroxylation sites is 3. The van der Waals surface area contributed by atoms with Gasteiger partial charge in [0.2, 0.25) is 5.89 Å². The summed E-state index contributed by atoms with van der Waals surface area (Å²) in [6.07, 6.45) is 0. The predicted molar refractivity (Wildman–Crippen MR) is 245 cm³/mol. The van der Waals surface area contributed by atoms with Crippen molar-refractivity contribution in [1.82, 2.24) is 4.98 Å². The zero-order valence-electron chi connectivity index (χ0n) is 32.2. The second-order valence-corrected chi connectivity index (χ2v) is 15.1. The fourth-order valence-corrected chi connectivity index (χ4v) is 8.66. The first-order chi connectivity index (χ1) is 29.7. The molecule has 0 N–H and O–H groups in total. The topological polar surface area (TPSA) is 55.6 Å². The van der Waals surface area contributed by atoms with Gasteiger partial charge in [-0.1, -0.05) is 133 Å². The standard InChI is InChI=1S/C55H34N2O3/c1-3-12-36(13-4-1)42-16-7-9-20-47(42)57(41-29-24-37(25-30-41)43-18-11-19-45-44-17-8-10-21-48(44)59-54(43)45)40-27-22-35(23-28-40)39-26-31-49-46(34-39)52-50(58-49)32-33-51-53(52)56-55(60-51)38-14-5-2-6-15-38/h1-34H. The normalized spacial score (nSPS) is 11.7. The summed E-state index contributed by atoms with van der Waals surface area (Å²) >= 11 is 0. The van der Waals surface area contributed by atoms with E-state index in [4.69, 9.17) is 18.2 Å². The van der Waals surface area contributed by atoms with E-state index in [1.807, 2.05) is 54.6 Å². The van der Waals surface area contributed by atoms with E-state index in [0.717, 1.165) is 111 Å². The maximum Gasteiger partial charge on any atom is 0.227 e. The summed E-state index contributed by atoms with van der Waals surface area (Å²) in [5, 5.41) is 4.20. The lowest BCUT2D eigenvalue weighted by Crippen LogP contribution is -2.11. The molecule has 3 aromatic heterocycles. The molecular weight excluding hydrogens is 737 g/mol. The third-order valence-corrected chi connectivity index (χ3v) is 11.5. The van der Waals surface area contributed by atoms with Crippen LogP contribution in [0.15, 0.2) is 220 Å². The van der Waals surface area contributed by atoms with Crippen molar-refractivity contribution >= 4 is 72.0 Å². The Bertz CT molecular complexity index is 3530. The number of rotatable bonds is 7. The molecule has 0 atom stereocenters. The zero-order chi connectivity index (χ0) is 39.6. The Morgan fingerprint density at radius 1 is 0.350 bits per heavy atom. The smallest absolute Gasteiger partial charge is 0.227 e. The van der Waals surface area contributed by atoms with Crippen molar-refractivity contribution in [3.05, 3.63) is 206 Å². The molecule has 0 spiro atoms. The van der Waals surface area contributed by atoms with Crippen molar-refractivity contribution in [1.29, 1.82) is 0 Å². The van der Waals surface area contributed by atoms with Gasteiger partial charge in [-0.25, -0.2) is 4.98 Å². The molecule has 0 saturated carbocycles. The second-order valence-electron chi connectivity index (χ2n) is 15.1. The van der Waals surface area contributed by atoms with Gasteiger partial charge in [-0.15, -0.1) is 0 Å². The van der Waals surface area contributed by atoms with Crippen LogP contribution in [0.1, 0.15) is 0 Å². The van der Waals surface area contributed by atoms with Crippen molar-refractivity contribution in [2.24, 2.45) is 0 Å². The number of hydrogen-bond acceptors (Lipinski definition) is 5. The Balaban J connectivity index is 0.952. The third kappa shape index (κ3) is 5.59. The van der Waals surface area contributed by atoms with Gasteiger partial charge < -0.3 is 18.2 Å². The van der Waals surface area contributed by atoms with Crippen molar-refractivity contribution in [2.75, 3.05) is 4.90 Å². The van der Waals surface area contributed by atoms with Crippen LogP contribution < -0.4 is 4.90 Å². The van der Waals surface area contributed by atoms with Gasteiger partial charge in [0.05, 0.1) is 11.1 Å². The van der Waals surface area contributed by atoms with Gasteiger partial charge in [-0.3, -0.25) is 0 Å². The number of oxazole rings is 1. The minimum atomic E-state index is 0.593. The van der Waals surface area contributed by atoms with Crippen molar-refractivity contribution in [3.8, 4) is 44.8 Å². The first-order valence-electron chi connectivity index (χ1n) is 20.1. The van der Waals surface area contributed by atoms with Crippen molar-refractivity contribution in [2.45, 2.75) is 0 Å². The highest BCUT2D eigenvalue weighted by atomic mass is 16.4. The Morgan fingerprint density at radius 3 is 1.73 bits per heavy atom. The quantitative estimate of drug-likeness (QED) is 0.162. The van der Waals surface area contributed by atoms with Crippen LogP contribution in [0.2, 0.25) is 0 Å². The van der Waals surface area contributed by atoms with Gasteiger partial charge in [0, 0.05) is 44.2 Å². The largest absolute Gasteiger partial charge is 0.456 e. The Kier molecular flexibility index (Phi) is 7.78. The lowest BCUT2D eigenvalue weighted by molar-refractivity contribution is 0.619. The van der Waals surface area contributed by atoms with E-state index in [1.165, 1.54) is 0 Å². The average molecular weight is 771 g/mol. The number of hydrogen-bond donors (Lipinski definition) is 0. The number of benzene rings is 9. The summed E-state index contributed by atoms with van der Waals surface area (Å²) in [5.74, 6) is 0.593. The molecule has 3 heterocycles. The molecule has 0 saturated heterocycles. The molecule has 0 unspecified atom stereocenters. The van der Waals surface area contributed by atoms with Crippen LogP contribution in [-0.4, -0.2) is 4.98 Å².